The van der Waals surface area contributed by atoms with Gasteiger partial charge in [0.15, 0.2) is 0 Å². The van der Waals surface area contributed by atoms with Crippen LogP contribution in [-0.2, 0) is 0 Å². The molecule has 1 amide bonds. The van der Waals surface area contributed by atoms with Crippen LogP contribution in [0.3, 0.4) is 0 Å². The molecule has 4 rings (SSSR count). The zero-order valence-electron chi connectivity index (χ0n) is 14.3. The van der Waals surface area contributed by atoms with E-state index in [1.807, 2.05) is 31.2 Å². The molecule has 0 bridgehead atoms. The normalized spacial score (nSPS) is 14.1. The number of amides is 1. The van der Waals surface area contributed by atoms with E-state index < -0.39 is 0 Å². The van der Waals surface area contributed by atoms with Crippen molar-refractivity contribution in [3.8, 4) is 22.8 Å². The second-order valence-corrected chi connectivity index (χ2v) is 6.48. The molecule has 6 heteroatoms. The van der Waals surface area contributed by atoms with Gasteiger partial charge in [-0.05, 0) is 55.0 Å². The molecule has 1 saturated heterocycles. The largest absolute Gasteiger partial charge is 0.508 e. The average molecular weight is 349 g/mol. The quantitative estimate of drug-likeness (QED) is 0.759. The van der Waals surface area contributed by atoms with Gasteiger partial charge in [0, 0.05) is 5.56 Å². The Kier molecular flexibility index (Phi) is 4.08. The summed E-state index contributed by atoms with van der Waals surface area (Å²) in [5.41, 5.74) is 3.10. The smallest absolute Gasteiger partial charge is 0.272 e. The number of phenolic OH excluding ortho intramolecular Hbond substituents is 1. The molecule has 1 aromatic heterocycles. The van der Waals surface area contributed by atoms with Crippen LogP contribution in [0.4, 0.5) is 0 Å². The van der Waals surface area contributed by atoms with Crippen LogP contribution in [0.2, 0.25) is 0 Å². The van der Waals surface area contributed by atoms with Crippen LogP contribution in [0, 0.1) is 6.92 Å². The van der Waals surface area contributed by atoms with E-state index in [1.54, 1.807) is 35.2 Å². The molecule has 1 fully saturated rings. The van der Waals surface area contributed by atoms with Crippen molar-refractivity contribution in [1.82, 2.24) is 15.1 Å². The molecule has 2 heterocycles. The van der Waals surface area contributed by atoms with Gasteiger partial charge >= 0.3 is 0 Å². The van der Waals surface area contributed by atoms with Crippen molar-refractivity contribution in [3.63, 3.8) is 0 Å². The highest BCUT2D eigenvalue weighted by Crippen LogP contribution is 2.23. The Hall–Kier alpha value is -3.28. The first kappa shape index (κ1) is 16.2. The van der Waals surface area contributed by atoms with Crippen LogP contribution in [0.1, 0.15) is 16.1 Å². The van der Waals surface area contributed by atoms with Crippen molar-refractivity contribution in [2.75, 3.05) is 13.1 Å². The number of H-pyrrole nitrogens is 1. The molecule has 0 unspecified atom stereocenters. The van der Waals surface area contributed by atoms with E-state index in [4.69, 9.17) is 4.74 Å². The number of aryl methyl sites for hydroxylation is 1. The molecule has 0 atom stereocenters. The van der Waals surface area contributed by atoms with Crippen molar-refractivity contribution in [3.05, 3.63) is 65.9 Å². The molecule has 0 aliphatic carbocycles. The Bertz CT molecular complexity index is 927. The topological polar surface area (TPSA) is 78.4 Å². The Labute approximate surface area is 151 Å². The first-order chi connectivity index (χ1) is 12.6. The highest BCUT2D eigenvalue weighted by molar-refractivity contribution is 5.94. The van der Waals surface area contributed by atoms with E-state index in [-0.39, 0.29) is 17.8 Å². The van der Waals surface area contributed by atoms with Crippen LogP contribution in [0.5, 0.6) is 11.5 Å². The van der Waals surface area contributed by atoms with Crippen LogP contribution < -0.4 is 4.74 Å². The number of benzene rings is 2. The minimum absolute atomic E-state index is 0.0141. The predicted octanol–water partition coefficient (Wildman–Crippen LogP) is 2.99. The van der Waals surface area contributed by atoms with E-state index in [1.165, 1.54) is 0 Å². The number of nitrogens with one attached hydrogen (secondary N) is 1. The first-order valence-electron chi connectivity index (χ1n) is 8.46. The SMILES string of the molecule is Cc1cccc(OC2CN(C(=O)c3cc(-c4ccc(O)cc4)n[nH]3)C2)c1. The summed E-state index contributed by atoms with van der Waals surface area (Å²) >= 11 is 0. The summed E-state index contributed by atoms with van der Waals surface area (Å²) in [5.74, 6) is 0.936. The molecule has 26 heavy (non-hydrogen) atoms. The molecule has 6 nitrogen and oxygen atoms in total. The Morgan fingerprint density at radius 3 is 2.69 bits per heavy atom. The van der Waals surface area contributed by atoms with E-state index in [0.717, 1.165) is 16.9 Å². The zero-order chi connectivity index (χ0) is 18.1. The number of nitrogens with zero attached hydrogens (tertiary/aromatic N) is 2. The zero-order valence-corrected chi connectivity index (χ0v) is 14.3. The summed E-state index contributed by atoms with van der Waals surface area (Å²) in [7, 11) is 0. The fraction of sp³-hybridized carbons (Fsp3) is 0.200. The number of aromatic amines is 1. The Morgan fingerprint density at radius 1 is 1.19 bits per heavy atom. The van der Waals surface area contributed by atoms with Gasteiger partial charge in [0.25, 0.3) is 5.91 Å². The van der Waals surface area contributed by atoms with Gasteiger partial charge < -0.3 is 14.7 Å². The third kappa shape index (κ3) is 3.26. The van der Waals surface area contributed by atoms with Gasteiger partial charge in [0.1, 0.15) is 23.3 Å². The third-order valence-corrected chi connectivity index (χ3v) is 4.40. The number of carbonyl (C=O) groups excluding carboxylic acids is 1. The van der Waals surface area contributed by atoms with Crippen molar-refractivity contribution in [2.24, 2.45) is 0 Å². The maximum absolute atomic E-state index is 12.5. The molecule has 132 valence electrons. The summed E-state index contributed by atoms with van der Waals surface area (Å²) in [4.78, 5) is 14.3. The molecule has 2 aromatic carbocycles. The lowest BCUT2D eigenvalue weighted by atomic mass is 10.1. The van der Waals surface area contributed by atoms with Gasteiger partial charge in [-0.15, -0.1) is 0 Å². The summed E-state index contributed by atoms with van der Waals surface area (Å²) in [6, 6.07) is 16.3. The van der Waals surface area contributed by atoms with Gasteiger partial charge in [0.2, 0.25) is 0 Å². The number of aromatic hydroxyl groups is 1. The summed E-state index contributed by atoms with van der Waals surface area (Å²) in [5, 5.41) is 16.3. The number of hydrogen-bond acceptors (Lipinski definition) is 4. The highest BCUT2D eigenvalue weighted by atomic mass is 16.5. The lowest BCUT2D eigenvalue weighted by Gasteiger charge is -2.38. The van der Waals surface area contributed by atoms with E-state index >= 15 is 0 Å². The fourth-order valence-corrected chi connectivity index (χ4v) is 2.94. The molecule has 0 spiro atoms. The van der Waals surface area contributed by atoms with Crippen molar-refractivity contribution < 1.29 is 14.6 Å². The monoisotopic (exact) mass is 349 g/mol. The second kappa shape index (κ2) is 6.55. The summed E-state index contributed by atoms with van der Waals surface area (Å²) in [6.07, 6.45) is 0.0141. The highest BCUT2D eigenvalue weighted by Gasteiger charge is 2.33. The number of carbonyl (C=O) groups is 1. The van der Waals surface area contributed by atoms with Crippen molar-refractivity contribution in [2.45, 2.75) is 13.0 Å². The van der Waals surface area contributed by atoms with Crippen LogP contribution in [0.15, 0.2) is 54.6 Å². The van der Waals surface area contributed by atoms with E-state index in [2.05, 4.69) is 10.2 Å². The maximum Gasteiger partial charge on any atom is 0.272 e. The minimum atomic E-state index is -0.0911. The molecule has 1 aliphatic heterocycles. The lowest BCUT2D eigenvalue weighted by molar-refractivity contribution is 0.0173. The number of ether oxygens (including phenoxy) is 1. The lowest BCUT2D eigenvalue weighted by Crippen LogP contribution is -2.56. The van der Waals surface area contributed by atoms with Crippen LogP contribution >= 0.6 is 0 Å². The molecular formula is C20H19N3O3. The van der Waals surface area contributed by atoms with Gasteiger partial charge in [0.05, 0.1) is 18.8 Å². The van der Waals surface area contributed by atoms with Gasteiger partial charge in [-0.3, -0.25) is 9.89 Å². The maximum atomic E-state index is 12.5. The fourth-order valence-electron chi connectivity index (χ4n) is 2.94. The van der Waals surface area contributed by atoms with E-state index in [0.29, 0.717) is 24.5 Å². The van der Waals surface area contributed by atoms with Crippen molar-refractivity contribution >= 4 is 5.91 Å². The summed E-state index contributed by atoms with van der Waals surface area (Å²) < 4.78 is 5.89. The Balaban J connectivity index is 1.37. The molecule has 0 saturated carbocycles. The minimum Gasteiger partial charge on any atom is -0.508 e. The Morgan fingerprint density at radius 2 is 1.96 bits per heavy atom. The van der Waals surface area contributed by atoms with Gasteiger partial charge in [-0.1, -0.05) is 12.1 Å². The van der Waals surface area contributed by atoms with E-state index in [9.17, 15) is 9.90 Å². The number of likely N-dealkylation sites (tertiary alicyclic amines) is 1. The van der Waals surface area contributed by atoms with Crippen LogP contribution in [-0.4, -0.2) is 45.3 Å². The molecule has 0 radical (unpaired) electrons. The van der Waals surface area contributed by atoms with Gasteiger partial charge in [-0.2, -0.15) is 5.10 Å². The molecular weight excluding hydrogens is 330 g/mol. The second-order valence-electron chi connectivity index (χ2n) is 6.48. The summed E-state index contributed by atoms with van der Waals surface area (Å²) in [6.45, 7) is 3.13. The van der Waals surface area contributed by atoms with Gasteiger partial charge in [-0.25, -0.2) is 0 Å². The third-order valence-electron chi connectivity index (χ3n) is 4.40. The van der Waals surface area contributed by atoms with Crippen LogP contribution in [0.25, 0.3) is 11.3 Å². The number of phenols is 1. The number of aromatic nitrogens is 2. The first-order valence-corrected chi connectivity index (χ1v) is 8.46. The number of rotatable bonds is 4. The molecule has 2 N–H and O–H groups in total. The molecule has 1 aliphatic rings. The standard InChI is InChI=1S/C20H19N3O3/c1-13-3-2-4-16(9-13)26-17-11-23(12-17)20(25)19-10-18(21-22-19)14-5-7-15(24)8-6-14/h2-10,17,24H,11-12H2,1H3,(H,21,22). The molecule has 3 aromatic rings. The van der Waals surface area contributed by atoms with Crippen molar-refractivity contribution in [1.29, 1.82) is 0 Å². The predicted molar refractivity (Wildman–Crippen MR) is 97.2 cm³/mol. The number of hydrogen-bond donors (Lipinski definition) is 2. The average Bonchev–Trinajstić information content (AvgIpc) is 3.08.